The van der Waals surface area contributed by atoms with E-state index in [9.17, 15) is 31.2 Å². The first kappa shape index (κ1) is 33.3. The van der Waals surface area contributed by atoms with E-state index in [0.717, 1.165) is 17.7 Å². The number of aryl methyl sites for hydroxylation is 1. The molecule has 0 atom stereocenters. The Morgan fingerprint density at radius 1 is 0.911 bits per heavy atom. The van der Waals surface area contributed by atoms with Gasteiger partial charge in [0.25, 0.3) is 11.8 Å². The Balaban J connectivity index is 1.46. The largest absolute Gasteiger partial charge is 0.416 e. The van der Waals surface area contributed by atoms with Gasteiger partial charge in [0.05, 0.1) is 10.5 Å². The van der Waals surface area contributed by atoms with E-state index in [1.807, 2.05) is 6.92 Å². The molecule has 2 N–H and O–H groups in total. The quantitative estimate of drug-likeness (QED) is 0.234. The Morgan fingerprint density at radius 3 is 2.20 bits per heavy atom. The number of pyridine rings is 1. The van der Waals surface area contributed by atoms with Crippen molar-refractivity contribution in [1.82, 2.24) is 15.0 Å². The van der Waals surface area contributed by atoms with Crippen LogP contribution in [0.3, 0.4) is 0 Å². The van der Waals surface area contributed by atoms with Gasteiger partial charge in [-0.25, -0.2) is 13.1 Å². The van der Waals surface area contributed by atoms with Crippen LogP contribution < -0.4 is 14.9 Å². The van der Waals surface area contributed by atoms with E-state index in [2.05, 4.69) is 15.0 Å². The second-order valence-corrected chi connectivity index (χ2v) is 13.2. The monoisotopic (exact) mass is 638 g/mol. The summed E-state index contributed by atoms with van der Waals surface area (Å²) in [5.74, 6) is -0.921. The third-order valence-corrected chi connectivity index (χ3v) is 8.50. The molecule has 0 unspecified atom stereocenters. The predicted octanol–water partition coefficient (Wildman–Crippen LogP) is 6.36. The summed E-state index contributed by atoms with van der Waals surface area (Å²) in [7, 11) is -2.30. The highest BCUT2D eigenvalue weighted by Crippen LogP contribution is 2.30. The van der Waals surface area contributed by atoms with E-state index in [1.165, 1.54) is 41.4 Å². The molecule has 0 aliphatic rings. The molecule has 0 bridgehead atoms. The zero-order valence-corrected chi connectivity index (χ0v) is 26.2. The lowest BCUT2D eigenvalue weighted by Crippen LogP contribution is -2.40. The summed E-state index contributed by atoms with van der Waals surface area (Å²) in [6.07, 6.45) is -3.03. The molecule has 0 saturated heterocycles. The van der Waals surface area contributed by atoms with Gasteiger partial charge in [-0.05, 0) is 81.8 Å². The van der Waals surface area contributed by atoms with Crippen molar-refractivity contribution >= 4 is 27.5 Å². The second kappa shape index (κ2) is 12.8. The molecular weight excluding hydrogens is 605 g/mol. The fourth-order valence-electron chi connectivity index (χ4n) is 4.51. The molecule has 2 amide bonds. The third-order valence-electron chi connectivity index (χ3n) is 6.69. The maximum atomic E-state index is 13.2. The summed E-state index contributed by atoms with van der Waals surface area (Å²) in [6, 6.07) is 19.0. The Kier molecular flexibility index (Phi) is 9.50. The van der Waals surface area contributed by atoms with Gasteiger partial charge in [0.15, 0.2) is 0 Å². The molecule has 8 nitrogen and oxygen atoms in total. The van der Waals surface area contributed by atoms with Crippen LogP contribution in [0.25, 0.3) is 11.1 Å². The molecule has 1 aromatic heterocycles. The number of hydrogen-bond donors (Lipinski definition) is 2. The molecular formula is C33H33F3N4O4S. The van der Waals surface area contributed by atoms with E-state index in [1.54, 1.807) is 64.2 Å². The topological polar surface area (TPSA) is 108 Å². The van der Waals surface area contributed by atoms with Gasteiger partial charge in [0, 0.05) is 47.7 Å². The number of nitrogens with one attached hydrogen (secondary N) is 2. The van der Waals surface area contributed by atoms with Crippen molar-refractivity contribution in [2.45, 2.75) is 50.9 Å². The number of aromatic nitrogens is 1. The molecule has 0 aliphatic heterocycles. The fourth-order valence-corrected chi connectivity index (χ4v) is 6.14. The zero-order chi connectivity index (χ0) is 33.2. The number of benzene rings is 3. The van der Waals surface area contributed by atoms with Gasteiger partial charge in [-0.2, -0.15) is 13.2 Å². The minimum Gasteiger partial charge on any atom is -0.348 e. The molecule has 0 spiro atoms. The Bertz CT molecular complexity index is 1820. The Hall–Kier alpha value is -4.55. The number of alkyl halides is 3. The van der Waals surface area contributed by atoms with Crippen LogP contribution in [-0.4, -0.2) is 37.8 Å². The number of hydrogen-bond acceptors (Lipinski definition) is 5. The molecule has 0 fully saturated rings. The second-order valence-electron chi connectivity index (χ2n) is 11.6. The van der Waals surface area contributed by atoms with Crippen LogP contribution in [0.15, 0.2) is 90.0 Å². The molecule has 12 heteroatoms. The highest BCUT2D eigenvalue weighted by atomic mass is 32.2. The Morgan fingerprint density at radius 2 is 1.60 bits per heavy atom. The van der Waals surface area contributed by atoms with Gasteiger partial charge in [0.1, 0.15) is 5.69 Å². The zero-order valence-electron chi connectivity index (χ0n) is 25.4. The van der Waals surface area contributed by atoms with E-state index < -0.39 is 39.1 Å². The predicted molar refractivity (Wildman–Crippen MR) is 166 cm³/mol. The molecule has 236 valence electrons. The van der Waals surface area contributed by atoms with Crippen LogP contribution >= 0.6 is 0 Å². The fraction of sp³-hybridized carbons (Fsp3) is 0.242. The standard InChI is InChI=1S/C33H33F3N4O4S/c1-21-9-16-29(45(43,44)39-32(2,3)4)27(17-21)24-12-15-28(37-20-24)31(42)40(5)26-13-10-23(11-14-26)30(41)38-19-22-7-6-8-25(18-22)33(34,35)36/h6-18,20,39H,19H2,1-5H3,(H,38,41). The molecule has 4 rings (SSSR count). The highest BCUT2D eigenvalue weighted by molar-refractivity contribution is 7.89. The number of nitrogens with zero attached hydrogens (tertiary/aromatic N) is 2. The van der Waals surface area contributed by atoms with Crippen LogP contribution in [0.2, 0.25) is 0 Å². The summed E-state index contributed by atoms with van der Waals surface area (Å²) in [5.41, 5.74) is 1.51. The van der Waals surface area contributed by atoms with Crippen LogP contribution in [-0.2, 0) is 22.7 Å². The van der Waals surface area contributed by atoms with E-state index >= 15 is 0 Å². The van der Waals surface area contributed by atoms with Gasteiger partial charge >= 0.3 is 6.18 Å². The number of carbonyl (C=O) groups excluding carboxylic acids is 2. The lowest BCUT2D eigenvalue weighted by molar-refractivity contribution is -0.137. The number of sulfonamides is 1. The van der Waals surface area contributed by atoms with Crippen LogP contribution in [0.5, 0.6) is 0 Å². The number of carbonyl (C=O) groups is 2. The summed E-state index contributed by atoms with van der Waals surface area (Å²) in [5, 5.41) is 2.60. The molecule has 0 radical (unpaired) electrons. The SMILES string of the molecule is Cc1ccc(S(=O)(=O)NC(C)(C)C)c(-c2ccc(C(=O)N(C)c3ccc(C(=O)NCc4cccc(C(F)(F)F)c4)cc3)nc2)c1. The highest BCUT2D eigenvalue weighted by Gasteiger charge is 2.30. The minimum absolute atomic E-state index is 0.0896. The maximum absolute atomic E-state index is 13.2. The summed E-state index contributed by atoms with van der Waals surface area (Å²) < 4.78 is 67.8. The number of rotatable bonds is 8. The average Bonchev–Trinajstić information content (AvgIpc) is 2.97. The van der Waals surface area contributed by atoms with Gasteiger partial charge in [-0.3, -0.25) is 14.6 Å². The smallest absolute Gasteiger partial charge is 0.348 e. The Labute approximate surface area is 260 Å². The number of anilines is 1. The first-order valence-corrected chi connectivity index (χ1v) is 15.4. The van der Waals surface area contributed by atoms with E-state index in [0.29, 0.717) is 22.4 Å². The number of amides is 2. The average molecular weight is 639 g/mol. The van der Waals surface area contributed by atoms with Crippen molar-refractivity contribution in [2.24, 2.45) is 0 Å². The molecule has 45 heavy (non-hydrogen) atoms. The molecule has 1 heterocycles. The first-order chi connectivity index (χ1) is 20.9. The lowest BCUT2D eigenvalue weighted by Gasteiger charge is -2.22. The van der Waals surface area contributed by atoms with Crippen molar-refractivity contribution in [3.05, 3.63) is 113 Å². The molecule has 0 aliphatic carbocycles. The number of halogens is 3. The van der Waals surface area contributed by atoms with Crippen LogP contribution in [0.1, 0.15) is 58.3 Å². The first-order valence-electron chi connectivity index (χ1n) is 13.9. The van der Waals surface area contributed by atoms with Crippen molar-refractivity contribution in [1.29, 1.82) is 0 Å². The van der Waals surface area contributed by atoms with E-state index in [4.69, 9.17) is 0 Å². The van der Waals surface area contributed by atoms with Gasteiger partial charge in [0.2, 0.25) is 10.0 Å². The third kappa shape index (κ3) is 8.34. The normalized spacial score (nSPS) is 12.1. The summed E-state index contributed by atoms with van der Waals surface area (Å²) in [4.78, 5) is 31.6. The van der Waals surface area contributed by atoms with Gasteiger partial charge < -0.3 is 10.2 Å². The maximum Gasteiger partial charge on any atom is 0.416 e. The van der Waals surface area contributed by atoms with Gasteiger partial charge in [-0.15, -0.1) is 0 Å². The summed E-state index contributed by atoms with van der Waals surface area (Å²) >= 11 is 0. The van der Waals surface area contributed by atoms with Crippen molar-refractivity contribution in [3.63, 3.8) is 0 Å². The summed E-state index contributed by atoms with van der Waals surface area (Å²) in [6.45, 7) is 7.02. The van der Waals surface area contributed by atoms with Crippen molar-refractivity contribution < 1.29 is 31.2 Å². The van der Waals surface area contributed by atoms with Crippen LogP contribution in [0.4, 0.5) is 18.9 Å². The van der Waals surface area contributed by atoms with Crippen LogP contribution in [0, 0.1) is 6.92 Å². The molecule has 4 aromatic rings. The van der Waals surface area contributed by atoms with Gasteiger partial charge in [-0.1, -0.05) is 35.9 Å². The van der Waals surface area contributed by atoms with Crippen molar-refractivity contribution in [3.8, 4) is 11.1 Å². The molecule has 0 saturated carbocycles. The van der Waals surface area contributed by atoms with E-state index in [-0.39, 0.29) is 22.7 Å². The minimum atomic E-state index is -4.48. The lowest BCUT2D eigenvalue weighted by atomic mass is 10.0. The van der Waals surface area contributed by atoms with Crippen molar-refractivity contribution in [2.75, 3.05) is 11.9 Å². The molecule has 3 aromatic carbocycles.